The van der Waals surface area contributed by atoms with E-state index in [9.17, 15) is 8.42 Å². The number of allylic oxidation sites excluding steroid dienone is 2. The van der Waals surface area contributed by atoms with Crippen LogP contribution >= 0.6 is 0 Å². The maximum absolute atomic E-state index is 11.9. The highest BCUT2D eigenvalue weighted by Crippen LogP contribution is 2.41. The van der Waals surface area contributed by atoms with Gasteiger partial charge in [-0.15, -0.1) is 0 Å². The summed E-state index contributed by atoms with van der Waals surface area (Å²) in [4.78, 5) is 7.57. The third kappa shape index (κ3) is 2.47. The van der Waals surface area contributed by atoms with E-state index in [2.05, 4.69) is 16.0 Å². The summed E-state index contributed by atoms with van der Waals surface area (Å²) in [5.41, 5.74) is 0. The Morgan fingerprint density at radius 1 is 1.44 bits per heavy atom. The maximum Gasteiger partial charge on any atom is 0.247 e. The molecule has 4 nitrogen and oxygen atoms in total. The highest BCUT2D eigenvalue weighted by atomic mass is 32.2. The van der Waals surface area contributed by atoms with Crippen molar-refractivity contribution < 1.29 is 8.42 Å². The molecule has 86 valence electrons. The molecule has 0 aromatic carbocycles. The zero-order valence-corrected chi connectivity index (χ0v) is 9.89. The quantitative estimate of drug-likeness (QED) is 0.588. The molecule has 0 spiro atoms. The first-order valence-corrected chi connectivity index (χ1v) is 6.91. The smallest absolute Gasteiger partial charge is 0.227 e. The van der Waals surface area contributed by atoms with Crippen LogP contribution < -0.4 is 0 Å². The van der Waals surface area contributed by atoms with Gasteiger partial charge in [0, 0.05) is 12.4 Å². The molecule has 2 atom stereocenters. The predicted molar refractivity (Wildman–Crippen MR) is 60.5 cm³/mol. The van der Waals surface area contributed by atoms with E-state index in [1.165, 1.54) is 12.4 Å². The van der Waals surface area contributed by atoms with Crippen molar-refractivity contribution in [3.8, 4) is 0 Å². The Kier molecular flexibility index (Phi) is 3.05. The highest BCUT2D eigenvalue weighted by Gasteiger charge is 2.39. The standard InChI is InChI=1S/C11H14N2O2S/c1-2-4-9-7-10(9)8-16(14,15)11-12-5-3-6-13-11/h2-6,9-10H,7-8H2,1H3/b4-2+/t9-,10-/m0/s1. The molecule has 0 N–H and O–H groups in total. The summed E-state index contributed by atoms with van der Waals surface area (Å²) in [5, 5.41) is -0.0545. The van der Waals surface area contributed by atoms with Gasteiger partial charge in [-0.25, -0.2) is 18.4 Å². The zero-order chi connectivity index (χ0) is 11.6. The van der Waals surface area contributed by atoms with E-state index in [0.717, 1.165) is 6.42 Å². The Morgan fingerprint density at radius 2 is 2.12 bits per heavy atom. The lowest BCUT2D eigenvalue weighted by Crippen LogP contribution is -2.12. The summed E-state index contributed by atoms with van der Waals surface area (Å²) in [7, 11) is -3.30. The van der Waals surface area contributed by atoms with Gasteiger partial charge in [0.05, 0.1) is 5.75 Å². The molecule has 1 aliphatic rings. The molecule has 1 fully saturated rings. The van der Waals surface area contributed by atoms with Gasteiger partial charge in [-0.05, 0) is 31.2 Å². The van der Waals surface area contributed by atoms with Crippen LogP contribution in [0.5, 0.6) is 0 Å². The van der Waals surface area contributed by atoms with Crippen molar-refractivity contribution in [1.82, 2.24) is 9.97 Å². The summed E-state index contributed by atoms with van der Waals surface area (Å²) in [6, 6.07) is 1.61. The molecular weight excluding hydrogens is 224 g/mol. The van der Waals surface area contributed by atoms with Crippen molar-refractivity contribution in [3.05, 3.63) is 30.6 Å². The molecular formula is C11H14N2O2S. The monoisotopic (exact) mass is 238 g/mol. The van der Waals surface area contributed by atoms with Gasteiger partial charge < -0.3 is 0 Å². The van der Waals surface area contributed by atoms with E-state index in [1.54, 1.807) is 6.07 Å². The molecule has 0 saturated heterocycles. The molecule has 1 saturated carbocycles. The fourth-order valence-corrected chi connectivity index (χ4v) is 3.29. The Hall–Kier alpha value is -1.23. The van der Waals surface area contributed by atoms with Crippen LogP contribution in [-0.2, 0) is 9.84 Å². The summed E-state index contributed by atoms with van der Waals surface area (Å²) in [5.74, 6) is 0.819. The number of rotatable bonds is 4. The zero-order valence-electron chi connectivity index (χ0n) is 9.07. The molecule has 0 unspecified atom stereocenters. The number of aromatic nitrogens is 2. The minimum absolute atomic E-state index is 0.0545. The fourth-order valence-electron chi connectivity index (χ4n) is 1.75. The van der Waals surface area contributed by atoms with Crippen LogP contribution in [0, 0.1) is 11.8 Å². The van der Waals surface area contributed by atoms with Crippen molar-refractivity contribution >= 4 is 9.84 Å². The Labute approximate surface area is 95.4 Å². The molecule has 1 heterocycles. The van der Waals surface area contributed by atoms with Gasteiger partial charge in [-0.1, -0.05) is 12.2 Å². The van der Waals surface area contributed by atoms with Gasteiger partial charge in [-0.2, -0.15) is 0 Å². The Bertz CT molecular complexity index is 482. The normalized spacial score (nSPS) is 24.8. The van der Waals surface area contributed by atoms with Crippen LogP contribution in [0.3, 0.4) is 0 Å². The van der Waals surface area contributed by atoms with E-state index in [4.69, 9.17) is 0 Å². The predicted octanol–water partition coefficient (Wildman–Crippen LogP) is 1.46. The second-order valence-electron chi connectivity index (χ2n) is 4.00. The van der Waals surface area contributed by atoms with Gasteiger partial charge in [0.25, 0.3) is 0 Å². The third-order valence-electron chi connectivity index (χ3n) is 2.67. The van der Waals surface area contributed by atoms with Crippen LogP contribution in [0.25, 0.3) is 0 Å². The topological polar surface area (TPSA) is 59.9 Å². The van der Waals surface area contributed by atoms with Crippen molar-refractivity contribution in [3.63, 3.8) is 0 Å². The highest BCUT2D eigenvalue weighted by molar-refractivity contribution is 7.91. The minimum atomic E-state index is -3.30. The molecule has 1 aliphatic carbocycles. The van der Waals surface area contributed by atoms with Crippen LogP contribution in [-0.4, -0.2) is 24.1 Å². The van der Waals surface area contributed by atoms with E-state index >= 15 is 0 Å². The first kappa shape index (κ1) is 11.3. The molecule has 1 aromatic heterocycles. The molecule has 16 heavy (non-hydrogen) atoms. The van der Waals surface area contributed by atoms with Gasteiger partial charge in [0.1, 0.15) is 0 Å². The Balaban J connectivity index is 2.06. The average molecular weight is 238 g/mol. The summed E-state index contributed by atoms with van der Waals surface area (Å²) in [6.45, 7) is 1.95. The van der Waals surface area contributed by atoms with Crippen LogP contribution in [0.4, 0.5) is 0 Å². The molecule has 1 aromatic rings. The Morgan fingerprint density at radius 3 is 2.75 bits per heavy atom. The van der Waals surface area contributed by atoms with Crippen molar-refractivity contribution in [2.75, 3.05) is 5.75 Å². The second-order valence-corrected chi connectivity index (χ2v) is 5.93. The van der Waals surface area contributed by atoms with E-state index in [-0.39, 0.29) is 16.8 Å². The lowest BCUT2D eigenvalue weighted by Gasteiger charge is -2.00. The van der Waals surface area contributed by atoms with Crippen LogP contribution in [0.1, 0.15) is 13.3 Å². The second kappa shape index (κ2) is 4.33. The molecule has 2 rings (SSSR count). The van der Waals surface area contributed by atoms with Gasteiger partial charge in [0.2, 0.25) is 15.0 Å². The number of sulfone groups is 1. The van der Waals surface area contributed by atoms with Crippen LogP contribution in [0.2, 0.25) is 0 Å². The number of hydrogen-bond donors (Lipinski definition) is 0. The summed E-state index contributed by atoms with van der Waals surface area (Å²) >= 11 is 0. The summed E-state index contributed by atoms with van der Waals surface area (Å²) in [6.07, 6.45) is 7.89. The SMILES string of the molecule is C/C=C/[C@H]1C[C@H]1CS(=O)(=O)c1ncccn1. The van der Waals surface area contributed by atoms with Crippen molar-refractivity contribution in [2.45, 2.75) is 18.5 Å². The minimum Gasteiger partial charge on any atom is -0.227 e. The maximum atomic E-state index is 11.9. The lowest BCUT2D eigenvalue weighted by atomic mass is 10.3. The molecule has 0 radical (unpaired) electrons. The van der Waals surface area contributed by atoms with Gasteiger partial charge >= 0.3 is 0 Å². The van der Waals surface area contributed by atoms with E-state index in [1.807, 2.05) is 13.0 Å². The lowest BCUT2D eigenvalue weighted by molar-refractivity contribution is 0.582. The first-order valence-electron chi connectivity index (χ1n) is 5.26. The molecule has 0 aliphatic heterocycles. The van der Waals surface area contributed by atoms with Crippen LogP contribution in [0.15, 0.2) is 35.8 Å². The number of nitrogens with zero attached hydrogens (tertiary/aromatic N) is 2. The summed E-state index contributed by atoms with van der Waals surface area (Å²) < 4.78 is 23.8. The molecule has 0 amide bonds. The fraction of sp³-hybridized carbons (Fsp3) is 0.455. The third-order valence-corrected chi connectivity index (χ3v) is 4.30. The molecule has 5 heteroatoms. The van der Waals surface area contributed by atoms with Crippen molar-refractivity contribution in [2.24, 2.45) is 11.8 Å². The van der Waals surface area contributed by atoms with Gasteiger partial charge in [0.15, 0.2) is 0 Å². The van der Waals surface area contributed by atoms with E-state index in [0.29, 0.717) is 5.92 Å². The van der Waals surface area contributed by atoms with E-state index < -0.39 is 9.84 Å². The number of hydrogen-bond acceptors (Lipinski definition) is 4. The van der Waals surface area contributed by atoms with Gasteiger partial charge in [-0.3, -0.25) is 0 Å². The van der Waals surface area contributed by atoms with Crippen molar-refractivity contribution in [1.29, 1.82) is 0 Å². The average Bonchev–Trinajstić information content (AvgIpc) is 2.97. The largest absolute Gasteiger partial charge is 0.247 e. The first-order chi connectivity index (χ1) is 7.63. The molecule has 0 bridgehead atoms.